The second kappa shape index (κ2) is 5.23. The van der Waals surface area contributed by atoms with E-state index in [-0.39, 0.29) is 12.5 Å². The molecule has 0 unspecified atom stereocenters. The van der Waals surface area contributed by atoms with Crippen LogP contribution in [0.2, 0.25) is 0 Å². The second-order valence-electron chi connectivity index (χ2n) is 5.79. The lowest BCUT2D eigenvalue weighted by Gasteiger charge is -2.26. The average Bonchev–Trinajstić information content (AvgIpc) is 3.04. The highest BCUT2D eigenvalue weighted by atomic mass is 32.1. The molecule has 0 atom stereocenters. The number of aromatic nitrogens is 3. The molecule has 0 saturated carbocycles. The van der Waals surface area contributed by atoms with E-state index in [0.717, 1.165) is 13.0 Å². The van der Waals surface area contributed by atoms with Gasteiger partial charge in [0.15, 0.2) is 0 Å². The summed E-state index contributed by atoms with van der Waals surface area (Å²) in [6.45, 7) is 4.87. The normalized spacial score (nSPS) is 15.1. The number of amides is 1. The number of fused-ring (bicyclic) bond motifs is 1. The summed E-state index contributed by atoms with van der Waals surface area (Å²) in [6, 6.07) is 2.08. The van der Waals surface area contributed by atoms with Crippen LogP contribution in [0, 0.1) is 0 Å². The first kappa shape index (κ1) is 14.2. The van der Waals surface area contributed by atoms with Crippen molar-refractivity contribution in [2.45, 2.75) is 39.0 Å². The van der Waals surface area contributed by atoms with Crippen molar-refractivity contribution in [3.05, 3.63) is 33.8 Å². The standard InChI is InChI=1S/C14H18N4O2S/c1-14(2,20)12-8-18(16-15-12)9-13(19)17-5-3-11-10(7-17)4-6-21-11/h4,6,8,20H,3,5,7,9H2,1-2H3. The molecular formula is C14H18N4O2S. The Kier molecular flexibility index (Phi) is 3.54. The van der Waals surface area contributed by atoms with Crippen LogP contribution in [0.4, 0.5) is 0 Å². The van der Waals surface area contributed by atoms with Crippen LogP contribution in [0.5, 0.6) is 0 Å². The van der Waals surface area contributed by atoms with Crippen molar-refractivity contribution in [2.24, 2.45) is 0 Å². The Morgan fingerprint density at radius 2 is 2.33 bits per heavy atom. The average molecular weight is 306 g/mol. The summed E-state index contributed by atoms with van der Waals surface area (Å²) in [4.78, 5) is 15.6. The molecule has 0 fully saturated rings. The van der Waals surface area contributed by atoms with Crippen LogP contribution in [0.3, 0.4) is 0 Å². The van der Waals surface area contributed by atoms with E-state index < -0.39 is 5.60 Å². The molecule has 1 aliphatic heterocycles. The molecule has 1 aliphatic rings. The summed E-state index contributed by atoms with van der Waals surface area (Å²) in [6.07, 6.45) is 2.54. The highest BCUT2D eigenvalue weighted by Gasteiger charge is 2.24. The van der Waals surface area contributed by atoms with Gasteiger partial charge >= 0.3 is 0 Å². The fourth-order valence-corrected chi connectivity index (χ4v) is 3.25. The van der Waals surface area contributed by atoms with Crippen LogP contribution < -0.4 is 0 Å². The van der Waals surface area contributed by atoms with Crippen LogP contribution in [0.25, 0.3) is 0 Å². The predicted octanol–water partition coefficient (Wildman–Crippen LogP) is 1.15. The van der Waals surface area contributed by atoms with E-state index in [1.165, 1.54) is 15.1 Å². The largest absolute Gasteiger partial charge is 0.384 e. The second-order valence-corrected chi connectivity index (χ2v) is 6.80. The third-order valence-corrected chi connectivity index (χ3v) is 4.65. The number of carbonyl (C=O) groups excluding carboxylic acids is 1. The molecular weight excluding hydrogens is 288 g/mol. The summed E-state index contributed by atoms with van der Waals surface area (Å²) >= 11 is 1.76. The summed E-state index contributed by atoms with van der Waals surface area (Å²) in [5, 5.41) is 19.8. The first-order valence-electron chi connectivity index (χ1n) is 6.89. The number of carbonyl (C=O) groups is 1. The molecule has 0 saturated heterocycles. The van der Waals surface area contributed by atoms with Crippen LogP contribution in [0.1, 0.15) is 30.0 Å². The molecule has 2 aromatic heterocycles. The summed E-state index contributed by atoms with van der Waals surface area (Å²) in [7, 11) is 0. The Hall–Kier alpha value is -1.73. The zero-order chi connectivity index (χ0) is 15.0. The minimum absolute atomic E-state index is 0.0269. The summed E-state index contributed by atoms with van der Waals surface area (Å²) in [5.74, 6) is 0.0269. The van der Waals surface area contributed by atoms with Gasteiger partial charge in [-0.25, -0.2) is 4.68 Å². The van der Waals surface area contributed by atoms with Crippen molar-refractivity contribution < 1.29 is 9.90 Å². The first-order chi connectivity index (χ1) is 9.93. The molecule has 3 rings (SSSR count). The number of hydrogen-bond acceptors (Lipinski definition) is 5. The smallest absolute Gasteiger partial charge is 0.244 e. The van der Waals surface area contributed by atoms with Crippen molar-refractivity contribution in [1.82, 2.24) is 19.9 Å². The highest BCUT2D eigenvalue weighted by molar-refractivity contribution is 7.10. The molecule has 1 N–H and O–H groups in total. The van der Waals surface area contributed by atoms with Gasteiger partial charge < -0.3 is 10.0 Å². The Balaban J connectivity index is 1.66. The van der Waals surface area contributed by atoms with Crippen molar-refractivity contribution in [1.29, 1.82) is 0 Å². The van der Waals surface area contributed by atoms with Gasteiger partial charge in [-0.2, -0.15) is 0 Å². The van der Waals surface area contributed by atoms with Gasteiger partial charge in [-0.05, 0) is 37.3 Å². The van der Waals surface area contributed by atoms with Crippen LogP contribution in [-0.2, 0) is 29.9 Å². The van der Waals surface area contributed by atoms with Gasteiger partial charge in [-0.1, -0.05) is 5.21 Å². The molecule has 0 bridgehead atoms. The first-order valence-corrected chi connectivity index (χ1v) is 7.77. The van der Waals surface area contributed by atoms with Gasteiger partial charge in [0.25, 0.3) is 0 Å². The van der Waals surface area contributed by atoms with E-state index in [0.29, 0.717) is 12.2 Å². The molecule has 2 aromatic rings. The zero-order valence-corrected chi connectivity index (χ0v) is 12.9. The number of thiophene rings is 1. The topological polar surface area (TPSA) is 71.2 Å². The zero-order valence-electron chi connectivity index (χ0n) is 12.1. The number of hydrogen-bond donors (Lipinski definition) is 1. The maximum atomic E-state index is 12.3. The van der Waals surface area contributed by atoms with Gasteiger partial charge in [-0.3, -0.25) is 4.79 Å². The molecule has 3 heterocycles. The van der Waals surface area contributed by atoms with E-state index in [9.17, 15) is 9.90 Å². The lowest BCUT2D eigenvalue weighted by molar-refractivity contribution is -0.133. The van der Waals surface area contributed by atoms with E-state index in [1.54, 1.807) is 31.4 Å². The lowest BCUT2D eigenvalue weighted by atomic mass is 10.1. The molecule has 0 aromatic carbocycles. The van der Waals surface area contributed by atoms with Crippen molar-refractivity contribution >= 4 is 17.2 Å². The van der Waals surface area contributed by atoms with Gasteiger partial charge in [-0.15, -0.1) is 16.4 Å². The molecule has 1 amide bonds. The van der Waals surface area contributed by atoms with Crippen molar-refractivity contribution in [3.8, 4) is 0 Å². The summed E-state index contributed by atoms with van der Waals surface area (Å²) in [5.41, 5.74) is 0.669. The third kappa shape index (κ3) is 2.98. The van der Waals surface area contributed by atoms with Crippen molar-refractivity contribution in [2.75, 3.05) is 6.54 Å². The van der Waals surface area contributed by atoms with E-state index in [2.05, 4.69) is 21.8 Å². The van der Waals surface area contributed by atoms with Gasteiger partial charge in [0.2, 0.25) is 5.91 Å². The summed E-state index contributed by atoms with van der Waals surface area (Å²) < 4.78 is 1.48. The number of nitrogens with zero attached hydrogens (tertiary/aromatic N) is 4. The Bertz CT molecular complexity index is 656. The predicted molar refractivity (Wildman–Crippen MR) is 78.7 cm³/mol. The molecule has 0 radical (unpaired) electrons. The Morgan fingerprint density at radius 3 is 3.05 bits per heavy atom. The Labute approximate surface area is 127 Å². The van der Waals surface area contributed by atoms with Crippen LogP contribution in [-0.4, -0.2) is 37.5 Å². The fraction of sp³-hybridized carbons (Fsp3) is 0.500. The quantitative estimate of drug-likeness (QED) is 0.923. The molecule has 112 valence electrons. The van der Waals surface area contributed by atoms with Gasteiger partial charge in [0.05, 0.1) is 6.20 Å². The van der Waals surface area contributed by atoms with E-state index in [4.69, 9.17) is 0 Å². The molecule has 0 aliphatic carbocycles. The fourth-order valence-electron chi connectivity index (χ4n) is 2.36. The molecule has 21 heavy (non-hydrogen) atoms. The minimum atomic E-state index is -1.04. The Morgan fingerprint density at radius 1 is 1.52 bits per heavy atom. The van der Waals surface area contributed by atoms with Crippen LogP contribution >= 0.6 is 11.3 Å². The minimum Gasteiger partial charge on any atom is -0.384 e. The molecule has 0 spiro atoms. The van der Waals surface area contributed by atoms with Crippen LogP contribution in [0.15, 0.2) is 17.6 Å². The monoisotopic (exact) mass is 306 g/mol. The maximum absolute atomic E-state index is 12.3. The molecule has 6 nitrogen and oxygen atoms in total. The number of rotatable bonds is 3. The lowest BCUT2D eigenvalue weighted by Crippen LogP contribution is -2.37. The molecule has 7 heteroatoms. The van der Waals surface area contributed by atoms with Crippen molar-refractivity contribution in [3.63, 3.8) is 0 Å². The van der Waals surface area contributed by atoms with Gasteiger partial charge in [0, 0.05) is 18.0 Å². The maximum Gasteiger partial charge on any atom is 0.244 e. The van der Waals surface area contributed by atoms with E-state index >= 15 is 0 Å². The third-order valence-electron chi connectivity index (χ3n) is 3.62. The van der Waals surface area contributed by atoms with E-state index in [1.807, 2.05) is 4.90 Å². The number of aliphatic hydroxyl groups is 1. The SMILES string of the molecule is CC(C)(O)c1cn(CC(=O)N2CCc3sccc3C2)nn1. The van der Waals surface area contributed by atoms with Gasteiger partial charge in [0.1, 0.15) is 17.8 Å². The highest BCUT2D eigenvalue weighted by Crippen LogP contribution is 2.24.